The largest absolute Gasteiger partial charge is 0.329 e. The number of halogens is 1. The molecule has 2 aromatic rings. The second kappa shape index (κ2) is 3.90. The van der Waals surface area contributed by atoms with Gasteiger partial charge in [0.2, 0.25) is 0 Å². The van der Waals surface area contributed by atoms with Crippen molar-refractivity contribution in [1.82, 2.24) is 14.5 Å². The highest BCUT2D eigenvalue weighted by Crippen LogP contribution is 2.17. The maximum Gasteiger partial charge on any atom is 0.179 e. The zero-order valence-corrected chi connectivity index (χ0v) is 10.7. The molecule has 0 bridgehead atoms. The molecule has 0 aliphatic heterocycles. The number of aromatic amines is 1. The van der Waals surface area contributed by atoms with E-state index in [0.29, 0.717) is 11.3 Å². The SMILES string of the molecule is C=C(Br)Cn1c(=S)[nH]c2c(C)ccnc21. The van der Waals surface area contributed by atoms with Crippen LogP contribution in [0.5, 0.6) is 0 Å². The first-order chi connectivity index (χ1) is 7.09. The van der Waals surface area contributed by atoms with E-state index in [-0.39, 0.29) is 0 Å². The second-order valence-corrected chi connectivity index (χ2v) is 4.87. The number of aromatic nitrogens is 3. The zero-order chi connectivity index (χ0) is 11.0. The molecule has 0 aliphatic carbocycles. The molecular weight excluding hydrogens is 274 g/mol. The molecule has 2 aromatic heterocycles. The Hall–Kier alpha value is -0.940. The van der Waals surface area contributed by atoms with Crippen molar-refractivity contribution in [3.8, 4) is 0 Å². The quantitative estimate of drug-likeness (QED) is 0.858. The number of rotatable bonds is 2. The van der Waals surface area contributed by atoms with Gasteiger partial charge in [-0.15, -0.1) is 0 Å². The Morgan fingerprint density at radius 2 is 2.47 bits per heavy atom. The molecule has 78 valence electrons. The Morgan fingerprint density at radius 3 is 3.13 bits per heavy atom. The van der Waals surface area contributed by atoms with Crippen LogP contribution in [0.3, 0.4) is 0 Å². The van der Waals surface area contributed by atoms with E-state index in [1.165, 1.54) is 0 Å². The smallest absolute Gasteiger partial charge is 0.179 e. The first-order valence-electron chi connectivity index (χ1n) is 4.47. The fourth-order valence-corrected chi connectivity index (χ4v) is 2.00. The molecule has 1 N–H and O–H groups in total. The van der Waals surface area contributed by atoms with Crippen LogP contribution in [-0.2, 0) is 6.54 Å². The maximum atomic E-state index is 5.24. The van der Waals surface area contributed by atoms with Crippen LogP contribution in [0.1, 0.15) is 5.56 Å². The summed E-state index contributed by atoms with van der Waals surface area (Å²) in [4.78, 5) is 7.47. The Morgan fingerprint density at radius 1 is 1.73 bits per heavy atom. The van der Waals surface area contributed by atoms with Crippen LogP contribution >= 0.6 is 28.1 Å². The number of aryl methyl sites for hydroxylation is 1. The lowest BCUT2D eigenvalue weighted by Gasteiger charge is -2.01. The molecule has 2 heterocycles. The number of nitrogens with one attached hydrogen (secondary N) is 1. The molecule has 3 nitrogen and oxygen atoms in total. The van der Waals surface area contributed by atoms with Gasteiger partial charge in [0.1, 0.15) is 0 Å². The molecule has 0 unspecified atom stereocenters. The van der Waals surface area contributed by atoms with Crippen molar-refractivity contribution in [3.63, 3.8) is 0 Å². The minimum absolute atomic E-state index is 0.634. The van der Waals surface area contributed by atoms with Gasteiger partial charge in [0.05, 0.1) is 12.1 Å². The van der Waals surface area contributed by atoms with Crippen LogP contribution in [0.4, 0.5) is 0 Å². The number of allylic oxidation sites excluding steroid dienone is 1. The lowest BCUT2D eigenvalue weighted by Crippen LogP contribution is -1.98. The van der Waals surface area contributed by atoms with E-state index in [0.717, 1.165) is 21.2 Å². The predicted octanol–water partition coefficient (Wildman–Crippen LogP) is 3.31. The summed E-state index contributed by atoms with van der Waals surface area (Å²) in [5.74, 6) is 0. The number of imidazole rings is 1. The number of H-pyrrole nitrogens is 1. The van der Waals surface area contributed by atoms with Gasteiger partial charge in [-0.25, -0.2) is 4.98 Å². The van der Waals surface area contributed by atoms with Crippen molar-refractivity contribution in [2.24, 2.45) is 0 Å². The second-order valence-electron chi connectivity index (χ2n) is 3.36. The Labute approximate surface area is 101 Å². The van der Waals surface area contributed by atoms with Gasteiger partial charge in [-0.3, -0.25) is 4.57 Å². The molecule has 0 aromatic carbocycles. The monoisotopic (exact) mass is 283 g/mol. The van der Waals surface area contributed by atoms with Gasteiger partial charge < -0.3 is 4.98 Å². The van der Waals surface area contributed by atoms with Gasteiger partial charge in [0.25, 0.3) is 0 Å². The van der Waals surface area contributed by atoms with Crippen LogP contribution in [0.2, 0.25) is 0 Å². The summed E-state index contributed by atoms with van der Waals surface area (Å²) in [6.45, 7) is 6.47. The van der Waals surface area contributed by atoms with Crippen molar-refractivity contribution in [3.05, 3.63) is 33.7 Å². The molecule has 0 amide bonds. The van der Waals surface area contributed by atoms with Gasteiger partial charge >= 0.3 is 0 Å². The van der Waals surface area contributed by atoms with Gasteiger partial charge in [-0.2, -0.15) is 0 Å². The van der Waals surface area contributed by atoms with E-state index in [9.17, 15) is 0 Å². The summed E-state index contributed by atoms with van der Waals surface area (Å²) in [6.07, 6.45) is 1.79. The molecule has 15 heavy (non-hydrogen) atoms. The van der Waals surface area contributed by atoms with Crippen molar-refractivity contribution < 1.29 is 0 Å². The highest BCUT2D eigenvalue weighted by molar-refractivity contribution is 9.11. The third-order valence-electron chi connectivity index (χ3n) is 2.20. The summed E-state index contributed by atoms with van der Waals surface area (Å²) >= 11 is 8.57. The Kier molecular flexibility index (Phi) is 2.75. The van der Waals surface area contributed by atoms with Crippen molar-refractivity contribution >= 4 is 39.3 Å². The molecule has 0 radical (unpaired) electrons. The van der Waals surface area contributed by atoms with E-state index < -0.39 is 0 Å². The first-order valence-corrected chi connectivity index (χ1v) is 5.67. The van der Waals surface area contributed by atoms with Crippen LogP contribution in [0, 0.1) is 11.7 Å². The minimum Gasteiger partial charge on any atom is -0.329 e. The number of nitrogens with zero attached hydrogens (tertiary/aromatic N) is 2. The van der Waals surface area contributed by atoms with E-state index in [2.05, 4.69) is 32.5 Å². The lowest BCUT2D eigenvalue weighted by atomic mass is 10.3. The number of fused-ring (bicyclic) bond motifs is 1. The summed E-state index contributed by atoms with van der Waals surface area (Å²) in [6, 6.07) is 1.96. The minimum atomic E-state index is 0.634. The molecule has 0 aliphatic rings. The highest BCUT2D eigenvalue weighted by Gasteiger charge is 2.07. The van der Waals surface area contributed by atoms with Gasteiger partial charge in [-0.05, 0) is 30.8 Å². The first kappa shape index (κ1) is 10.6. The van der Waals surface area contributed by atoms with Gasteiger partial charge in [-0.1, -0.05) is 22.5 Å². The molecule has 0 atom stereocenters. The van der Waals surface area contributed by atoms with Crippen LogP contribution in [0.25, 0.3) is 11.2 Å². The summed E-state index contributed by atoms with van der Waals surface area (Å²) in [5, 5.41) is 0. The van der Waals surface area contributed by atoms with E-state index >= 15 is 0 Å². The molecule has 0 spiro atoms. The number of pyridine rings is 1. The van der Waals surface area contributed by atoms with Crippen LogP contribution in [0.15, 0.2) is 23.3 Å². The highest BCUT2D eigenvalue weighted by atomic mass is 79.9. The molecule has 0 saturated carbocycles. The fraction of sp³-hybridized carbons (Fsp3) is 0.200. The average Bonchev–Trinajstić information content (AvgIpc) is 2.45. The van der Waals surface area contributed by atoms with Crippen LogP contribution in [-0.4, -0.2) is 14.5 Å². The molecule has 5 heteroatoms. The summed E-state index contributed by atoms with van der Waals surface area (Å²) in [7, 11) is 0. The summed E-state index contributed by atoms with van der Waals surface area (Å²) < 4.78 is 3.48. The van der Waals surface area contributed by atoms with Gasteiger partial charge in [0, 0.05) is 10.7 Å². The third kappa shape index (κ3) is 1.89. The van der Waals surface area contributed by atoms with Crippen LogP contribution < -0.4 is 0 Å². The summed E-state index contributed by atoms with van der Waals surface area (Å²) in [5.41, 5.74) is 3.02. The fourth-order valence-electron chi connectivity index (χ4n) is 1.49. The molecule has 0 saturated heterocycles. The van der Waals surface area contributed by atoms with E-state index in [1.54, 1.807) is 6.20 Å². The Bertz CT molecular complexity index is 582. The zero-order valence-electron chi connectivity index (χ0n) is 8.25. The van der Waals surface area contributed by atoms with Gasteiger partial charge in [0.15, 0.2) is 10.4 Å². The average molecular weight is 284 g/mol. The lowest BCUT2D eigenvalue weighted by molar-refractivity contribution is 0.818. The Balaban J connectivity index is 2.74. The van der Waals surface area contributed by atoms with Crippen molar-refractivity contribution in [2.45, 2.75) is 13.5 Å². The third-order valence-corrected chi connectivity index (χ3v) is 2.77. The number of hydrogen-bond donors (Lipinski definition) is 1. The molecule has 2 rings (SSSR count). The van der Waals surface area contributed by atoms with Crippen molar-refractivity contribution in [1.29, 1.82) is 0 Å². The predicted molar refractivity (Wildman–Crippen MR) is 67.7 cm³/mol. The number of hydrogen-bond acceptors (Lipinski definition) is 2. The standard InChI is InChI=1S/C10H10BrN3S/c1-6-3-4-12-9-8(6)13-10(15)14(9)5-7(2)11/h3-4H,2,5H2,1H3,(H,13,15). The normalized spacial score (nSPS) is 10.8. The van der Waals surface area contributed by atoms with E-state index in [4.69, 9.17) is 12.2 Å². The molecular formula is C10H10BrN3S. The topological polar surface area (TPSA) is 33.6 Å². The maximum absolute atomic E-state index is 5.24. The van der Waals surface area contributed by atoms with Crippen molar-refractivity contribution in [2.75, 3.05) is 0 Å². The molecule has 0 fully saturated rings. The van der Waals surface area contributed by atoms with E-state index in [1.807, 2.05) is 17.6 Å².